The van der Waals surface area contributed by atoms with Gasteiger partial charge in [0, 0.05) is 23.7 Å². The number of rotatable bonds is 16. The summed E-state index contributed by atoms with van der Waals surface area (Å²) >= 11 is 0. The van der Waals surface area contributed by atoms with E-state index < -0.39 is 173 Å². The lowest BCUT2D eigenvalue weighted by atomic mass is 9.43. The molecule has 5 heterocycles. The number of fused-ring (bicyclic) bond motifs is 7. The number of hydrogen-bond donors (Lipinski definition) is 16. The molecule has 0 spiro atoms. The molecule has 0 unspecified atom stereocenters. The normalized spacial score (nSPS) is 55.8. The Morgan fingerprint density at radius 2 is 1.07 bits per heavy atom. The number of aliphatic hydroxyl groups is 16. The number of aliphatic hydroxyl groups excluding tert-OH is 15. The van der Waals surface area contributed by atoms with Crippen molar-refractivity contribution in [2.45, 2.75) is 232 Å². The minimum atomic E-state index is -1.93. The summed E-state index contributed by atoms with van der Waals surface area (Å²) in [6.07, 6.45) is -28.6. The molecule has 9 fully saturated rings. The minimum Gasteiger partial charge on any atom is -0.394 e. The lowest BCUT2D eigenvalue weighted by Gasteiger charge is -2.62. The van der Waals surface area contributed by atoms with Crippen molar-refractivity contribution in [3.05, 3.63) is 0 Å². The highest BCUT2D eigenvalue weighted by molar-refractivity contribution is 5.18. The standard InChI is InChI=1S/C51H86O25/c1-19(18-68-45-40(64)37(61)33(57)27(14-52)70-45)7-10-51(67)20(2)32-26(76-51)12-25-23-6-5-21-11-22(8-9-49(21,3)24(23)13-31(56)50(25,32)4)69-48-44(75-47-42(66)39(63)35(59)29(16-54)72-47)43(36(60)30(17-55)73-48)74-46-41(65)38(62)34(58)28(15-53)71-46/h19-48,52-67H,5-18H2,1-4H3/t19-,20+,21-,22+,23+,24+,25-,26+,27-,28-,29-,30-,31-,32+,33-,34-,35-,36+,37+,38+,39+,40-,41-,42-,43+,44-,45-,46+,47+,48-,49+,50-,51-/m1/s1. The Balaban J connectivity index is 0.865. The van der Waals surface area contributed by atoms with E-state index in [1.165, 1.54) is 0 Å². The molecule has 4 aliphatic carbocycles. The molecule has 0 amide bonds. The first-order valence-electron chi connectivity index (χ1n) is 27.5. The van der Waals surface area contributed by atoms with Gasteiger partial charge in [0.15, 0.2) is 30.9 Å². The monoisotopic (exact) mass is 1100 g/mol. The van der Waals surface area contributed by atoms with Crippen molar-refractivity contribution >= 4 is 0 Å². The second-order valence-electron chi connectivity index (χ2n) is 24.3. The van der Waals surface area contributed by atoms with Crippen molar-refractivity contribution < 1.29 is 124 Å². The predicted molar refractivity (Wildman–Crippen MR) is 253 cm³/mol. The van der Waals surface area contributed by atoms with Gasteiger partial charge in [-0.1, -0.05) is 27.7 Å². The second-order valence-corrected chi connectivity index (χ2v) is 24.3. The van der Waals surface area contributed by atoms with Gasteiger partial charge in [-0.3, -0.25) is 0 Å². The fourth-order valence-corrected chi connectivity index (χ4v) is 15.6. The van der Waals surface area contributed by atoms with Crippen LogP contribution < -0.4 is 0 Å². The lowest BCUT2D eigenvalue weighted by molar-refractivity contribution is -0.396. The van der Waals surface area contributed by atoms with Crippen molar-refractivity contribution in [2.75, 3.05) is 33.0 Å². The van der Waals surface area contributed by atoms with E-state index in [4.69, 9.17) is 42.6 Å². The number of ether oxygens (including phenoxy) is 9. The molecule has 5 aliphatic heterocycles. The van der Waals surface area contributed by atoms with Crippen LogP contribution in [0.1, 0.15) is 85.5 Å². The Bertz CT molecular complexity index is 1910. The van der Waals surface area contributed by atoms with Gasteiger partial charge in [0.2, 0.25) is 0 Å². The van der Waals surface area contributed by atoms with Crippen LogP contribution in [0, 0.1) is 52.3 Å². The summed E-state index contributed by atoms with van der Waals surface area (Å²) in [4.78, 5) is 0. The van der Waals surface area contributed by atoms with Crippen LogP contribution >= 0.6 is 0 Å². The number of hydrogen-bond acceptors (Lipinski definition) is 25. The van der Waals surface area contributed by atoms with Crippen LogP contribution in [-0.2, 0) is 42.6 Å². The third-order valence-corrected chi connectivity index (χ3v) is 20.2. The Morgan fingerprint density at radius 3 is 1.63 bits per heavy atom. The topological polar surface area (TPSA) is 407 Å². The molecule has 16 N–H and O–H groups in total. The maximum atomic E-state index is 12.4. The van der Waals surface area contributed by atoms with Gasteiger partial charge < -0.3 is 124 Å². The van der Waals surface area contributed by atoms with Crippen LogP contribution in [0.15, 0.2) is 0 Å². The van der Waals surface area contributed by atoms with Crippen molar-refractivity contribution in [1.29, 1.82) is 0 Å². The summed E-state index contributed by atoms with van der Waals surface area (Å²) < 4.78 is 54.4. The molecule has 0 aromatic carbocycles. The SMILES string of the molecule is C[C@H](CC[C@@]1(O)O[C@H]2C[C@@H]3[C@H]4CC[C@@H]5C[C@@H](O[C@@H]6O[C@H](CO)[C@H](O)[C@H](O[C@@H]7O[C@H](CO)[C@@H](O)[C@H](O)[C@H]7O)[C@H]6O[C@@H]6O[C@H](CO)[C@@H](O)[C@H](O)[C@H]6O)CC[C@]5(C)[C@H]4C[C@@H](O)[C@]3(C)[C@H]2[C@@H]1C)CO[C@@H]1O[C@H](CO)[C@@H](O)[C@H](O)[C@H]1O. The van der Waals surface area contributed by atoms with Crippen LogP contribution in [0.4, 0.5) is 0 Å². The second kappa shape index (κ2) is 23.3. The average molecular weight is 1100 g/mol. The third kappa shape index (κ3) is 10.5. The molecule has 9 rings (SSSR count). The predicted octanol–water partition coefficient (Wildman–Crippen LogP) is -4.98. The van der Waals surface area contributed by atoms with Crippen LogP contribution in [-0.4, -0.2) is 262 Å². The molecule has 0 aromatic rings. The molecule has 25 nitrogen and oxygen atoms in total. The molecule has 9 aliphatic rings. The Kier molecular flexibility index (Phi) is 18.3. The Labute approximate surface area is 441 Å². The zero-order valence-corrected chi connectivity index (χ0v) is 43.5. The van der Waals surface area contributed by atoms with E-state index >= 15 is 0 Å². The van der Waals surface area contributed by atoms with Gasteiger partial charge in [0.05, 0.1) is 51.3 Å². The van der Waals surface area contributed by atoms with Gasteiger partial charge in [0.1, 0.15) is 97.7 Å². The third-order valence-electron chi connectivity index (χ3n) is 20.2. The van der Waals surface area contributed by atoms with Crippen LogP contribution in [0.25, 0.3) is 0 Å². The van der Waals surface area contributed by atoms with E-state index in [1.54, 1.807) is 0 Å². The van der Waals surface area contributed by atoms with Gasteiger partial charge in [0.25, 0.3) is 0 Å². The summed E-state index contributed by atoms with van der Waals surface area (Å²) in [6.45, 7) is 5.52. The highest BCUT2D eigenvalue weighted by atomic mass is 16.8. The lowest BCUT2D eigenvalue weighted by Crippen LogP contribution is -2.67. The maximum Gasteiger partial charge on any atom is 0.187 e. The molecule has 0 bridgehead atoms. The fourth-order valence-electron chi connectivity index (χ4n) is 15.6. The first-order valence-corrected chi connectivity index (χ1v) is 27.5. The molecule has 33 atom stereocenters. The van der Waals surface area contributed by atoms with E-state index in [0.29, 0.717) is 38.5 Å². The summed E-state index contributed by atoms with van der Waals surface area (Å²) in [5.74, 6) is -1.45. The molecule has 0 radical (unpaired) electrons. The molecular formula is C51H86O25. The van der Waals surface area contributed by atoms with Gasteiger partial charge in [-0.15, -0.1) is 0 Å². The highest BCUT2D eigenvalue weighted by Gasteiger charge is 2.71. The molecule has 25 heteroatoms. The summed E-state index contributed by atoms with van der Waals surface area (Å²) in [6, 6.07) is 0. The summed E-state index contributed by atoms with van der Waals surface area (Å²) in [5, 5.41) is 171. The summed E-state index contributed by atoms with van der Waals surface area (Å²) in [5.41, 5.74) is -0.782. The quantitative estimate of drug-likeness (QED) is 0.0644. The van der Waals surface area contributed by atoms with E-state index in [9.17, 15) is 81.7 Å². The average Bonchev–Trinajstić information content (AvgIpc) is 3.90. The first kappa shape index (κ1) is 59.6. The fraction of sp³-hybridized carbons (Fsp3) is 1.00. The molecule has 440 valence electrons. The van der Waals surface area contributed by atoms with Crippen molar-refractivity contribution in [1.82, 2.24) is 0 Å². The van der Waals surface area contributed by atoms with E-state index in [0.717, 1.165) is 12.8 Å². The summed E-state index contributed by atoms with van der Waals surface area (Å²) in [7, 11) is 0. The van der Waals surface area contributed by atoms with E-state index in [1.807, 2.05) is 13.8 Å². The van der Waals surface area contributed by atoms with Crippen molar-refractivity contribution in [2.24, 2.45) is 52.3 Å². The van der Waals surface area contributed by atoms with Gasteiger partial charge >= 0.3 is 0 Å². The molecule has 76 heavy (non-hydrogen) atoms. The van der Waals surface area contributed by atoms with Crippen LogP contribution in [0.5, 0.6) is 0 Å². The molecule has 0 aromatic heterocycles. The zero-order valence-electron chi connectivity index (χ0n) is 43.5. The molecule has 4 saturated carbocycles. The Morgan fingerprint density at radius 1 is 0.553 bits per heavy atom. The Hall–Kier alpha value is -1.00. The minimum absolute atomic E-state index is 0.0985. The smallest absolute Gasteiger partial charge is 0.187 e. The van der Waals surface area contributed by atoms with Gasteiger partial charge in [-0.05, 0) is 86.4 Å². The molecular weight excluding hydrogens is 1010 g/mol. The largest absolute Gasteiger partial charge is 0.394 e. The van der Waals surface area contributed by atoms with Crippen LogP contribution in [0.3, 0.4) is 0 Å². The van der Waals surface area contributed by atoms with E-state index in [-0.39, 0.29) is 66.0 Å². The van der Waals surface area contributed by atoms with Crippen molar-refractivity contribution in [3.8, 4) is 0 Å². The first-order chi connectivity index (χ1) is 35.9. The van der Waals surface area contributed by atoms with E-state index in [2.05, 4.69) is 13.8 Å². The van der Waals surface area contributed by atoms with Gasteiger partial charge in [-0.25, -0.2) is 0 Å². The maximum absolute atomic E-state index is 12.4. The zero-order chi connectivity index (χ0) is 55.1. The highest BCUT2D eigenvalue weighted by Crippen LogP contribution is 2.71. The van der Waals surface area contributed by atoms with Crippen LogP contribution in [0.2, 0.25) is 0 Å². The van der Waals surface area contributed by atoms with Gasteiger partial charge in [-0.2, -0.15) is 0 Å². The van der Waals surface area contributed by atoms with Crippen molar-refractivity contribution in [3.63, 3.8) is 0 Å². The molecule has 5 saturated heterocycles.